The summed E-state index contributed by atoms with van der Waals surface area (Å²) >= 11 is 0. The molecule has 1 saturated heterocycles. The lowest BCUT2D eigenvalue weighted by atomic mass is 10.1. The largest absolute Gasteiger partial charge is 0.390 e. The van der Waals surface area contributed by atoms with E-state index in [-0.39, 0.29) is 30.9 Å². The second-order valence-electron chi connectivity index (χ2n) is 3.55. The third-order valence-corrected chi connectivity index (χ3v) is 2.49. The monoisotopic (exact) mass is 230 g/mol. The molecular weight excluding hydrogens is 211 g/mol. The number of aliphatic hydroxyl groups excluding tert-OH is 1. The van der Waals surface area contributed by atoms with Crippen LogP contribution in [0.1, 0.15) is 13.8 Å². The third-order valence-electron chi connectivity index (χ3n) is 2.49. The van der Waals surface area contributed by atoms with Crippen LogP contribution in [0.25, 0.3) is 0 Å². The molecule has 0 aromatic carbocycles. The van der Waals surface area contributed by atoms with Gasteiger partial charge in [0.2, 0.25) is 0 Å². The SMILES string of the molecule is CC(C)N(C)[C@@H]1CNC[C@@H]1O.Cl.Cl. The maximum atomic E-state index is 9.50. The standard InChI is InChI=1S/C8H18N2O.2ClH/c1-6(2)10(3)7-4-9-5-8(7)11;;/h6-9,11H,4-5H2,1-3H3;2*1H/t7-,8+;;/m1../s1. The van der Waals surface area contributed by atoms with E-state index in [2.05, 4.69) is 31.1 Å². The van der Waals surface area contributed by atoms with Gasteiger partial charge in [0.25, 0.3) is 0 Å². The van der Waals surface area contributed by atoms with E-state index in [4.69, 9.17) is 0 Å². The van der Waals surface area contributed by atoms with Crippen LogP contribution in [0.4, 0.5) is 0 Å². The van der Waals surface area contributed by atoms with Gasteiger partial charge in [-0.1, -0.05) is 0 Å². The summed E-state index contributed by atoms with van der Waals surface area (Å²) < 4.78 is 0. The molecular formula is C8H20Cl2N2O. The Bertz CT molecular complexity index is 135. The highest BCUT2D eigenvalue weighted by molar-refractivity contribution is 5.85. The lowest BCUT2D eigenvalue weighted by Gasteiger charge is -2.29. The first-order chi connectivity index (χ1) is 5.13. The van der Waals surface area contributed by atoms with Crippen molar-refractivity contribution in [2.24, 2.45) is 0 Å². The second kappa shape index (κ2) is 6.85. The summed E-state index contributed by atoms with van der Waals surface area (Å²) in [5, 5.41) is 12.7. The maximum absolute atomic E-state index is 9.50. The number of halogens is 2. The first-order valence-corrected chi connectivity index (χ1v) is 4.23. The second-order valence-corrected chi connectivity index (χ2v) is 3.55. The van der Waals surface area contributed by atoms with Crippen LogP contribution in [0.15, 0.2) is 0 Å². The van der Waals surface area contributed by atoms with Crippen molar-refractivity contribution in [3.8, 4) is 0 Å². The Labute approximate surface area is 92.7 Å². The number of nitrogens with one attached hydrogen (secondary N) is 1. The van der Waals surface area contributed by atoms with Crippen molar-refractivity contribution in [2.75, 3.05) is 20.1 Å². The maximum Gasteiger partial charge on any atom is 0.0831 e. The van der Waals surface area contributed by atoms with Gasteiger partial charge in [-0.05, 0) is 20.9 Å². The number of aliphatic hydroxyl groups is 1. The first-order valence-electron chi connectivity index (χ1n) is 4.23. The summed E-state index contributed by atoms with van der Waals surface area (Å²) in [6.45, 7) is 5.94. The lowest BCUT2D eigenvalue weighted by molar-refractivity contribution is 0.0823. The van der Waals surface area contributed by atoms with Crippen molar-refractivity contribution in [2.45, 2.75) is 32.0 Å². The van der Waals surface area contributed by atoms with Gasteiger partial charge in [0.05, 0.1) is 6.10 Å². The molecule has 0 aromatic heterocycles. The molecule has 0 bridgehead atoms. The zero-order valence-electron chi connectivity index (χ0n) is 8.36. The molecule has 2 N–H and O–H groups in total. The van der Waals surface area contributed by atoms with Crippen molar-refractivity contribution in [3.05, 3.63) is 0 Å². The minimum Gasteiger partial charge on any atom is -0.390 e. The Morgan fingerprint density at radius 1 is 1.31 bits per heavy atom. The summed E-state index contributed by atoms with van der Waals surface area (Å²) in [5.41, 5.74) is 0. The Hall–Kier alpha value is 0.460. The van der Waals surface area contributed by atoms with Gasteiger partial charge >= 0.3 is 0 Å². The molecule has 3 nitrogen and oxygen atoms in total. The Kier molecular flexibility index (Phi) is 8.38. The molecule has 0 unspecified atom stereocenters. The lowest BCUT2D eigenvalue weighted by Crippen LogP contribution is -2.44. The average molecular weight is 231 g/mol. The van der Waals surface area contributed by atoms with E-state index in [1.54, 1.807) is 0 Å². The molecule has 0 aliphatic carbocycles. The fraction of sp³-hybridized carbons (Fsp3) is 1.00. The molecule has 0 aromatic rings. The molecule has 0 amide bonds. The van der Waals surface area contributed by atoms with Gasteiger partial charge < -0.3 is 10.4 Å². The van der Waals surface area contributed by atoms with Gasteiger partial charge in [0.15, 0.2) is 0 Å². The summed E-state index contributed by atoms with van der Waals surface area (Å²) in [4.78, 5) is 2.21. The molecule has 1 fully saturated rings. The quantitative estimate of drug-likeness (QED) is 0.726. The number of hydrogen-bond donors (Lipinski definition) is 2. The van der Waals surface area contributed by atoms with E-state index in [0.717, 1.165) is 13.1 Å². The Morgan fingerprint density at radius 3 is 2.15 bits per heavy atom. The molecule has 1 aliphatic heterocycles. The number of β-amino-alcohol motifs (C(OH)–C–C–N with tert-alkyl or cyclic N) is 1. The predicted octanol–water partition coefficient (Wildman–Crippen LogP) is 0.503. The summed E-state index contributed by atoms with van der Waals surface area (Å²) in [7, 11) is 2.06. The molecule has 1 aliphatic rings. The van der Waals surface area contributed by atoms with Gasteiger partial charge in [-0.2, -0.15) is 0 Å². The van der Waals surface area contributed by atoms with Crippen molar-refractivity contribution in [1.29, 1.82) is 0 Å². The summed E-state index contributed by atoms with van der Waals surface area (Å²) in [5.74, 6) is 0. The number of nitrogens with zero attached hydrogens (tertiary/aromatic N) is 1. The van der Waals surface area contributed by atoms with Gasteiger partial charge in [-0.3, -0.25) is 4.90 Å². The summed E-state index contributed by atoms with van der Waals surface area (Å²) in [6, 6.07) is 0.810. The first kappa shape index (κ1) is 15.9. The van der Waals surface area contributed by atoms with Crippen LogP contribution in [0, 0.1) is 0 Å². The van der Waals surface area contributed by atoms with E-state index in [9.17, 15) is 5.11 Å². The normalized spacial score (nSPS) is 27.2. The van der Waals surface area contributed by atoms with Crippen LogP contribution in [0.5, 0.6) is 0 Å². The fourth-order valence-electron chi connectivity index (χ4n) is 1.45. The number of likely N-dealkylation sites (N-methyl/N-ethyl adjacent to an activating group) is 1. The van der Waals surface area contributed by atoms with Crippen LogP contribution >= 0.6 is 24.8 Å². The number of rotatable bonds is 2. The van der Waals surface area contributed by atoms with E-state index >= 15 is 0 Å². The van der Waals surface area contributed by atoms with Crippen molar-refractivity contribution in [1.82, 2.24) is 10.2 Å². The summed E-state index contributed by atoms with van der Waals surface area (Å²) in [6.07, 6.45) is -0.192. The Balaban J connectivity index is 0. The highest BCUT2D eigenvalue weighted by Crippen LogP contribution is 2.09. The van der Waals surface area contributed by atoms with Crippen molar-refractivity contribution >= 4 is 24.8 Å². The molecule has 1 rings (SSSR count). The van der Waals surface area contributed by atoms with Crippen LogP contribution in [0.3, 0.4) is 0 Å². The van der Waals surface area contributed by atoms with E-state index in [1.165, 1.54) is 0 Å². The zero-order valence-corrected chi connectivity index (χ0v) is 9.99. The average Bonchev–Trinajstić information content (AvgIpc) is 2.33. The highest BCUT2D eigenvalue weighted by atomic mass is 35.5. The molecule has 5 heteroatoms. The van der Waals surface area contributed by atoms with Gasteiger partial charge in [-0.15, -0.1) is 24.8 Å². The fourth-order valence-corrected chi connectivity index (χ4v) is 1.45. The highest BCUT2D eigenvalue weighted by Gasteiger charge is 2.29. The van der Waals surface area contributed by atoms with E-state index in [1.807, 2.05) is 0 Å². The third kappa shape index (κ3) is 4.00. The Morgan fingerprint density at radius 2 is 1.85 bits per heavy atom. The van der Waals surface area contributed by atoms with Crippen molar-refractivity contribution < 1.29 is 5.11 Å². The van der Waals surface area contributed by atoms with Crippen LogP contribution in [-0.4, -0.2) is 48.3 Å². The topological polar surface area (TPSA) is 35.5 Å². The van der Waals surface area contributed by atoms with Crippen molar-refractivity contribution in [3.63, 3.8) is 0 Å². The van der Waals surface area contributed by atoms with Gasteiger partial charge in [-0.25, -0.2) is 0 Å². The zero-order chi connectivity index (χ0) is 8.43. The molecule has 2 atom stereocenters. The van der Waals surface area contributed by atoms with Crippen LogP contribution in [-0.2, 0) is 0 Å². The van der Waals surface area contributed by atoms with Gasteiger partial charge in [0, 0.05) is 25.2 Å². The smallest absolute Gasteiger partial charge is 0.0831 e. The molecule has 0 spiro atoms. The predicted molar refractivity (Wildman–Crippen MR) is 60.1 cm³/mol. The molecule has 0 saturated carbocycles. The van der Waals surface area contributed by atoms with E-state index in [0.29, 0.717) is 12.1 Å². The number of hydrogen-bond acceptors (Lipinski definition) is 3. The molecule has 82 valence electrons. The molecule has 13 heavy (non-hydrogen) atoms. The molecule has 0 radical (unpaired) electrons. The van der Waals surface area contributed by atoms with Crippen LogP contribution in [0.2, 0.25) is 0 Å². The minimum atomic E-state index is -0.192. The minimum absolute atomic E-state index is 0. The van der Waals surface area contributed by atoms with Gasteiger partial charge in [0.1, 0.15) is 0 Å². The van der Waals surface area contributed by atoms with E-state index < -0.39 is 0 Å². The molecule has 1 heterocycles. The van der Waals surface area contributed by atoms with Crippen LogP contribution < -0.4 is 5.32 Å².